The lowest BCUT2D eigenvalue weighted by molar-refractivity contribution is 1.01. The topological polar surface area (TPSA) is 35.6 Å². The van der Waals surface area contributed by atoms with E-state index in [1.165, 1.54) is 38.2 Å². The Balaban J connectivity index is 1.09. The smallest absolute Gasteiger partial charge is 0.235 e. The number of nitrogens with zero attached hydrogens (tertiary/aromatic N) is 4. The number of para-hydroxylation sites is 3. The van der Waals surface area contributed by atoms with Gasteiger partial charge in [-0.25, -0.2) is 9.97 Å². The monoisotopic (exact) mass is 814 g/mol. The van der Waals surface area contributed by atoms with Gasteiger partial charge in [-0.1, -0.05) is 176 Å². The van der Waals surface area contributed by atoms with Gasteiger partial charge in [-0.05, 0) is 98.8 Å². The van der Waals surface area contributed by atoms with Crippen molar-refractivity contribution in [2.45, 2.75) is 0 Å². The molecule has 0 amide bonds. The molecule has 0 fully saturated rings. The zero-order valence-electron chi connectivity index (χ0n) is 34.7. The predicted molar refractivity (Wildman–Crippen MR) is 267 cm³/mol. The summed E-state index contributed by atoms with van der Waals surface area (Å²) in [5, 5.41) is 8.05. The summed E-state index contributed by atoms with van der Waals surface area (Å²) in [5.74, 6) is 0.629. The Kier molecular flexibility index (Phi) is 8.18. The SMILES string of the molecule is c1ccc(-c2ccc(-c3ccc4c(c3)c3cc5ccccc5cc3n4-c3nc(-c4cccc5c6ccccc6n(-c6ccccc6)c45)c4cc(-c5ccccc5)ccc4n3)cc2)cc1. The minimum Gasteiger partial charge on any atom is -0.309 e. The molecule has 0 aliphatic heterocycles. The van der Waals surface area contributed by atoms with Crippen LogP contribution in [-0.4, -0.2) is 19.1 Å². The second kappa shape index (κ2) is 14.5. The van der Waals surface area contributed by atoms with Gasteiger partial charge in [0.2, 0.25) is 5.95 Å². The van der Waals surface area contributed by atoms with Crippen LogP contribution >= 0.6 is 0 Å². The number of rotatable bonds is 6. The van der Waals surface area contributed by atoms with Gasteiger partial charge in [-0.2, -0.15) is 0 Å². The van der Waals surface area contributed by atoms with E-state index in [4.69, 9.17) is 9.97 Å². The zero-order valence-corrected chi connectivity index (χ0v) is 34.7. The molecule has 3 aromatic heterocycles. The molecule has 13 aromatic rings. The molecule has 0 saturated heterocycles. The number of hydrogen-bond donors (Lipinski definition) is 0. The van der Waals surface area contributed by atoms with E-state index in [1.54, 1.807) is 0 Å². The third-order valence-corrected chi connectivity index (χ3v) is 12.9. The molecule has 13 rings (SSSR count). The highest BCUT2D eigenvalue weighted by Gasteiger charge is 2.23. The van der Waals surface area contributed by atoms with Gasteiger partial charge in [0.05, 0.1) is 33.3 Å². The van der Waals surface area contributed by atoms with Crippen LogP contribution in [0.4, 0.5) is 0 Å². The first-order valence-electron chi connectivity index (χ1n) is 21.8. The van der Waals surface area contributed by atoms with Crippen LogP contribution < -0.4 is 0 Å². The third kappa shape index (κ3) is 5.77. The molecule has 0 spiro atoms. The second-order valence-electron chi connectivity index (χ2n) is 16.6. The van der Waals surface area contributed by atoms with Crippen molar-refractivity contribution in [3.8, 4) is 56.3 Å². The molecule has 10 aromatic carbocycles. The molecular formula is C60H38N4. The highest BCUT2D eigenvalue weighted by atomic mass is 15.2. The van der Waals surface area contributed by atoms with E-state index in [0.29, 0.717) is 5.95 Å². The number of fused-ring (bicyclic) bond motifs is 8. The lowest BCUT2D eigenvalue weighted by Gasteiger charge is -2.15. The molecule has 64 heavy (non-hydrogen) atoms. The normalized spacial score (nSPS) is 11.8. The fraction of sp³-hybridized carbons (Fsp3) is 0. The average molecular weight is 815 g/mol. The Morgan fingerprint density at radius 2 is 0.828 bits per heavy atom. The molecule has 0 N–H and O–H groups in total. The van der Waals surface area contributed by atoms with Crippen LogP contribution in [-0.2, 0) is 0 Å². The van der Waals surface area contributed by atoms with Crippen LogP contribution in [0.2, 0.25) is 0 Å². The minimum atomic E-state index is 0.629. The quantitative estimate of drug-likeness (QED) is 0.168. The number of benzene rings is 10. The van der Waals surface area contributed by atoms with E-state index in [0.717, 1.165) is 77.4 Å². The van der Waals surface area contributed by atoms with Gasteiger partial charge < -0.3 is 4.57 Å². The summed E-state index contributed by atoms with van der Waals surface area (Å²) >= 11 is 0. The van der Waals surface area contributed by atoms with Crippen LogP contribution in [0.25, 0.3) is 122 Å². The zero-order chi connectivity index (χ0) is 42.1. The molecule has 0 radical (unpaired) electrons. The fourth-order valence-electron chi connectivity index (χ4n) is 9.87. The molecule has 0 aliphatic carbocycles. The maximum absolute atomic E-state index is 5.74. The largest absolute Gasteiger partial charge is 0.309 e. The predicted octanol–water partition coefficient (Wildman–Crippen LogP) is 15.6. The Bertz CT molecular complexity index is 3920. The van der Waals surface area contributed by atoms with Crippen LogP contribution in [0.5, 0.6) is 0 Å². The van der Waals surface area contributed by atoms with Crippen molar-refractivity contribution in [3.05, 3.63) is 231 Å². The van der Waals surface area contributed by atoms with Gasteiger partial charge >= 0.3 is 0 Å². The molecule has 3 heterocycles. The molecule has 4 heteroatoms. The third-order valence-electron chi connectivity index (χ3n) is 12.9. The highest BCUT2D eigenvalue weighted by Crippen LogP contribution is 2.42. The summed E-state index contributed by atoms with van der Waals surface area (Å²) in [6, 6.07) is 82.8. The van der Waals surface area contributed by atoms with Gasteiger partial charge in [0.1, 0.15) is 0 Å². The van der Waals surface area contributed by atoms with E-state index >= 15 is 0 Å². The summed E-state index contributed by atoms with van der Waals surface area (Å²) in [4.78, 5) is 11.2. The Morgan fingerprint density at radius 3 is 1.58 bits per heavy atom. The number of aromatic nitrogens is 4. The summed E-state index contributed by atoms with van der Waals surface area (Å²) in [5.41, 5.74) is 15.3. The summed E-state index contributed by atoms with van der Waals surface area (Å²) in [7, 11) is 0. The summed E-state index contributed by atoms with van der Waals surface area (Å²) in [6.07, 6.45) is 0. The van der Waals surface area contributed by atoms with Crippen molar-refractivity contribution in [3.63, 3.8) is 0 Å². The molecule has 4 nitrogen and oxygen atoms in total. The number of hydrogen-bond acceptors (Lipinski definition) is 2. The van der Waals surface area contributed by atoms with Gasteiger partial charge in [0.25, 0.3) is 0 Å². The van der Waals surface area contributed by atoms with E-state index in [9.17, 15) is 0 Å². The maximum atomic E-state index is 5.74. The first-order chi connectivity index (χ1) is 31.7. The molecule has 0 unspecified atom stereocenters. The first kappa shape index (κ1) is 36.1. The molecule has 298 valence electrons. The van der Waals surface area contributed by atoms with Gasteiger partial charge in [0, 0.05) is 38.2 Å². The summed E-state index contributed by atoms with van der Waals surface area (Å²) < 4.78 is 4.68. The van der Waals surface area contributed by atoms with E-state index in [-0.39, 0.29) is 0 Å². The lowest BCUT2D eigenvalue weighted by Crippen LogP contribution is -2.04. The lowest BCUT2D eigenvalue weighted by atomic mass is 9.99. The standard InChI is InChI=1S/C60H38N4/c1-4-15-39(16-5-1)41-27-29-42(30-28-41)46-32-34-56-51(36-46)52-35-43-19-10-11-20-44(43)38-57(52)64(56)60-61-54-33-31-45(40-17-6-2-7-18-40)37-53(54)58(62-60)50-25-14-24-49-48-23-12-13-26-55(48)63(59(49)50)47-21-8-3-9-22-47/h1-38H. The molecule has 0 aliphatic rings. The Hall–Kier alpha value is -8.60. The first-order valence-corrected chi connectivity index (χ1v) is 21.8. The van der Waals surface area contributed by atoms with E-state index in [2.05, 4.69) is 240 Å². The molecule has 0 bridgehead atoms. The molecule has 0 atom stereocenters. The molecular weight excluding hydrogens is 777 g/mol. The fourth-order valence-corrected chi connectivity index (χ4v) is 9.87. The summed E-state index contributed by atoms with van der Waals surface area (Å²) in [6.45, 7) is 0. The van der Waals surface area contributed by atoms with E-state index < -0.39 is 0 Å². The van der Waals surface area contributed by atoms with Crippen LogP contribution in [0, 0.1) is 0 Å². The van der Waals surface area contributed by atoms with Crippen molar-refractivity contribution >= 4 is 65.3 Å². The highest BCUT2D eigenvalue weighted by molar-refractivity contribution is 6.17. The maximum Gasteiger partial charge on any atom is 0.235 e. The van der Waals surface area contributed by atoms with Crippen molar-refractivity contribution in [2.75, 3.05) is 0 Å². The van der Waals surface area contributed by atoms with Crippen molar-refractivity contribution in [2.24, 2.45) is 0 Å². The van der Waals surface area contributed by atoms with E-state index in [1.807, 2.05) is 0 Å². The van der Waals surface area contributed by atoms with Crippen LogP contribution in [0.3, 0.4) is 0 Å². The van der Waals surface area contributed by atoms with Crippen molar-refractivity contribution in [1.82, 2.24) is 19.1 Å². The van der Waals surface area contributed by atoms with Gasteiger partial charge in [-0.15, -0.1) is 0 Å². The van der Waals surface area contributed by atoms with Crippen LogP contribution in [0.1, 0.15) is 0 Å². The van der Waals surface area contributed by atoms with Crippen LogP contribution in [0.15, 0.2) is 231 Å². The molecule has 0 saturated carbocycles. The van der Waals surface area contributed by atoms with Crippen molar-refractivity contribution < 1.29 is 0 Å². The average Bonchev–Trinajstić information content (AvgIpc) is 3.88. The van der Waals surface area contributed by atoms with Gasteiger partial charge in [0.15, 0.2) is 0 Å². The van der Waals surface area contributed by atoms with Crippen molar-refractivity contribution in [1.29, 1.82) is 0 Å². The second-order valence-corrected chi connectivity index (χ2v) is 16.6. The Labute approximate surface area is 369 Å². The van der Waals surface area contributed by atoms with Gasteiger partial charge in [-0.3, -0.25) is 4.57 Å². The minimum absolute atomic E-state index is 0.629. The Morgan fingerprint density at radius 1 is 0.297 bits per heavy atom.